The molecule has 4 aliphatic heterocycles. The number of nitrogens with two attached hydrogens (primary N) is 2. The Labute approximate surface area is 515 Å². The summed E-state index contributed by atoms with van der Waals surface area (Å²) in [6.07, 6.45) is 21.6. The fourth-order valence-electron chi connectivity index (χ4n) is 14.0. The van der Waals surface area contributed by atoms with Gasteiger partial charge in [0.05, 0.1) is 43.0 Å². The molecule has 6 amide bonds. The van der Waals surface area contributed by atoms with Gasteiger partial charge >= 0.3 is 0 Å². The quantitative estimate of drug-likeness (QED) is 0.0133. The molecule has 7 rings (SSSR count). The van der Waals surface area contributed by atoms with Crippen LogP contribution in [0.1, 0.15) is 159 Å². The first-order chi connectivity index (χ1) is 42.0. The number of aryl methyl sites for hydroxylation is 2. The highest BCUT2D eigenvalue weighted by Crippen LogP contribution is 2.37. The number of unbranched alkanes of at least 4 members (excludes halogenated alkanes) is 2. The van der Waals surface area contributed by atoms with Crippen molar-refractivity contribution in [2.75, 3.05) is 33.7 Å². The van der Waals surface area contributed by atoms with Crippen molar-refractivity contribution in [2.45, 2.75) is 216 Å². The third kappa shape index (κ3) is 18.1. The lowest BCUT2D eigenvalue weighted by Crippen LogP contribution is -2.59. The fraction of sp³-hybridized carbons (Fsp3) is 0.636. The minimum atomic E-state index is -0.985. The summed E-state index contributed by atoms with van der Waals surface area (Å²) >= 11 is 0. The summed E-state index contributed by atoms with van der Waals surface area (Å²) in [5, 5.41) is 41.6. The molecule has 0 aromatic heterocycles. The van der Waals surface area contributed by atoms with Crippen molar-refractivity contribution in [2.24, 2.45) is 34.5 Å². The first kappa shape index (κ1) is 68.0. The highest BCUT2D eigenvalue weighted by molar-refractivity contribution is 5.98. The number of rotatable bonds is 33. The highest BCUT2D eigenvalue weighted by Gasteiger charge is 2.50. The summed E-state index contributed by atoms with van der Waals surface area (Å²) in [7, 11) is 3.42. The van der Waals surface area contributed by atoms with Gasteiger partial charge in [0.25, 0.3) is 0 Å². The zero-order valence-corrected chi connectivity index (χ0v) is 52.2. The standard InChI is InChI=1S/C66H100N14O7/c1-6-44-30-32-49-34-36-56(79(49)65(85)59(44)76-61(81)53(7-2)71-4)64(84)75-58(46-23-13-10-14-24-46)52(69)41-78(70)38-18-17-20-43-28-26-42(27-29-43)19-15-16-25-48(67)39-51(68)57(45-21-11-9-12-22-45)74-63(83)55-37-35-50-33-31-47(40-73-87)60(66(86)80(50)55)77-62(82)54(8-3)72-5/h9-14,21,23-24,26-29,44-45,47-50,53-60,68-69,71-72H,6-8,15-20,22,25,30-41,67,70H2,1-5H3,(H,74,83)(H,75,84)(H,76,81)(H,77,82). The van der Waals surface area contributed by atoms with Gasteiger partial charge in [0.15, 0.2) is 0 Å². The minimum absolute atomic E-state index is 0.0339. The minimum Gasteiger partial charge on any atom is -0.346 e. The second-order valence-corrected chi connectivity index (χ2v) is 24.9. The van der Waals surface area contributed by atoms with Gasteiger partial charge in [0.1, 0.15) is 24.2 Å². The van der Waals surface area contributed by atoms with Gasteiger partial charge in [-0.2, -0.15) is 4.91 Å². The van der Waals surface area contributed by atoms with E-state index < -0.39 is 54.3 Å². The number of nitrogens with one attached hydrogen (secondary N) is 8. The smallest absolute Gasteiger partial charge is 0.246 e. The lowest BCUT2D eigenvalue weighted by Gasteiger charge is -2.34. The van der Waals surface area contributed by atoms with Gasteiger partial charge in [-0.05, 0) is 146 Å². The molecule has 5 aliphatic rings. The first-order valence-electron chi connectivity index (χ1n) is 32.4. The number of likely N-dealkylation sites (N-methyl/N-ethyl adjacent to an activating group) is 2. The number of hydrogen-bond acceptors (Lipinski definition) is 15. The number of allylic oxidation sites excluding steroid dienone is 3. The van der Waals surface area contributed by atoms with E-state index in [4.69, 9.17) is 11.6 Å². The summed E-state index contributed by atoms with van der Waals surface area (Å²) in [6.45, 7) is 6.41. The molecule has 0 saturated carbocycles. The van der Waals surface area contributed by atoms with Gasteiger partial charge in [0.2, 0.25) is 35.4 Å². The van der Waals surface area contributed by atoms with Crippen LogP contribution in [0.5, 0.6) is 0 Å². The van der Waals surface area contributed by atoms with Gasteiger partial charge in [0, 0.05) is 48.6 Å². The maximum absolute atomic E-state index is 14.4. The van der Waals surface area contributed by atoms with E-state index in [1.807, 2.05) is 75.4 Å². The van der Waals surface area contributed by atoms with E-state index in [0.717, 1.165) is 63.4 Å². The fourth-order valence-corrected chi connectivity index (χ4v) is 14.0. The van der Waals surface area contributed by atoms with Crippen molar-refractivity contribution in [1.29, 1.82) is 10.8 Å². The second-order valence-electron chi connectivity index (χ2n) is 24.9. The molecule has 2 aromatic carbocycles. The first-order valence-corrected chi connectivity index (χ1v) is 32.4. The molecule has 12 N–H and O–H groups in total. The van der Waals surface area contributed by atoms with Crippen molar-refractivity contribution in [3.05, 3.63) is 100 Å². The van der Waals surface area contributed by atoms with Crippen molar-refractivity contribution < 1.29 is 28.8 Å². The van der Waals surface area contributed by atoms with Crippen LogP contribution in [0.2, 0.25) is 0 Å². The van der Waals surface area contributed by atoms with Crippen LogP contribution < -0.4 is 43.5 Å². The van der Waals surface area contributed by atoms with E-state index in [0.29, 0.717) is 82.9 Å². The number of benzene rings is 2. The largest absolute Gasteiger partial charge is 0.346 e. The van der Waals surface area contributed by atoms with Gasteiger partial charge < -0.3 is 58.3 Å². The van der Waals surface area contributed by atoms with Gasteiger partial charge in [-0.1, -0.05) is 118 Å². The predicted molar refractivity (Wildman–Crippen MR) is 340 cm³/mol. The van der Waals surface area contributed by atoms with Crippen LogP contribution >= 0.6 is 0 Å². The molecule has 476 valence electrons. The Morgan fingerprint density at radius 3 is 1.76 bits per heavy atom. The Balaban J connectivity index is 0.844. The Morgan fingerprint density at radius 2 is 1.23 bits per heavy atom. The number of carbonyl (C=O) groups is 6. The molecule has 21 heteroatoms. The van der Waals surface area contributed by atoms with Gasteiger partial charge in [-0.15, -0.1) is 0 Å². The van der Waals surface area contributed by atoms with Crippen molar-refractivity contribution in [3.63, 3.8) is 0 Å². The molecule has 2 aromatic rings. The number of fused-ring (bicyclic) bond motifs is 2. The molecule has 4 heterocycles. The van der Waals surface area contributed by atoms with Crippen molar-refractivity contribution in [1.82, 2.24) is 46.7 Å². The highest BCUT2D eigenvalue weighted by atomic mass is 16.3. The Bertz CT molecular complexity index is 2700. The van der Waals surface area contributed by atoms with Crippen molar-refractivity contribution >= 4 is 46.9 Å². The Morgan fingerprint density at radius 1 is 0.690 bits per heavy atom. The average Bonchev–Trinajstić information content (AvgIpc) is 2.11. The summed E-state index contributed by atoms with van der Waals surface area (Å²) in [5.74, 6) is 4.10. The molecule has 0 spiro atoms. The van der Waals surface area contributed by atoms with E-state index in [1.165, 1.54) is 11.1 Å². The molecular weight excluding hydrogens is 1100 g/mol. The third-order valence-corrected chi connectivity index (χ3v) is 19.1. The molecule has 4 saturated heterocycles. The maximum Gasteiger partial charge on any atom is 0.246 e. The molecule has 4 fully saturated rings. The predicted octanol–water partition coefficient (Wildman–Crippen LogP) is 5.81. The molecule has 14 atom stereocenters. The second kappa shape index (κ2) is 33.7. The maximum atomic E-state index is 14.4. The topological polar surface area (TPSA) is 313 Å². The van der Waals surface area contributed by atoms with Crippen LogP contribution in [0.4, 0.5) is 0 Å². The van der Waals surface area contributed by atoms with Crippen LogP contribution in [0.15, 0.2) is 84.1 Å². The van der Waals surface area contributed by atoms with Crippen LogP contribution in [0.3, 0.4) is 0 Å². The number of hydrazine groups is 1. The SMILES string of the molecule is CCC(NC)C(=O)NC1C(=O)N2C(CCC1CC)CCC2C(=O)NC(C(=N)CN(N)CCCCc1ccc(CCCCC(N)CC(=N)C(NC(=O)C2CCC3CCC(CN=O)C(NC(=O)C(CC)NC)C(=O)N32)C2C=CC=CC2)cc1)c1ccccc1. The summed E-state index contributed by atoms with van der Waals surface area (Å²) in [4.78, 5) is 98.8. The Hall–Kier alpha value is -6.52. The summed E-state index contributed by atoms with van der Waals surface area (Å²) in [5.41, 5.74) is 10.5. The molecule has 1 aliphatic carbocycles. The van der Waals surface area contributed by atoms with Crippen molar-refractivity contribution in [3.8, 4) is 0 Å². The third-order valence-electron chi connectivity index (χ3n) is 19.1. The molecule has 0 radical (unpaired) electrons. The number of amides is 6. The molecule has 21 nitrogen and oxygen atoms in total. The molecule has 0 bridgehead atoms. The Kier molecular flexibility index (Phi) is 26.4. The number of carbonyl (C=O) groups excluding carboxylic acids is 6. The van der Waals surface area contributed by atoms with E-state index in [1.54, 1.807) is 28.9 Å². The van der Waals surface area contributed by atoms with E-state index in [9.17, 15) is 44.5 Å². The monoisotopic (exact) mass is 1200 g/mol. The van der Waals surface area contributed by atoms with Gasteiger partial charge in [-0.25, -0.2) is 5.01 Å². The molecule has 87 heavy (non-hydrogen) atoms. The lowest BCUT2D eigenvalue weighted by atomic mass is 9.86. The van der Waals surface area contributed by atoms with Gasteiger partial charge in [-0.3, -0.25) is 34.6 Å². The molecular formula is C66H100N14O7. The van der Waals surface area contributed by atoms with Crippen LogP contribution in [-0.2, 0) is 41.6 Å². The lowest BCUT2D eigenvalue weighted by molar-refractivity contribution is -0.143. The van der Waals surface area contributed by atoms with Crippen LogP contribution in [0.25, 0.3) is 0 Å². The number of nitroso groups, excluding NO2 is 1. The normalized spacial score (nSPS) is 25.3. The van der Waals surface area contributed by atoms with E-state index >= 15 is 0 Å². The van der Waals surface area contributed by atoms with Crippen LogP contribution in [0, 0.1) is 33.5 Å². The molecule has 14 unspecified atom stereocenters. The summed E-state index contributed by atoms with van der Waals surface area (Å²) in [6, 6.07) is 12.0. The zero-order chi connectivity index (χ0) is 62.6. The number of hydrogen-bond donors (Lipinski definition) is 10. The van der Waals surface area contributed by atoms with E-state index in [-0.39, 0.29) is 84.2 Å². The summed E-state index contributed by atoms with van der Waals surface area (Å²) < 4.78 is 0. The number of nitrogens with zero attached hydrogens (tertiary/aromatic N) is 4. The average molecular weight is 1200 g/mol. The zero-order valence-electron chi connectivity index (χ0n) is 52.2. The van der Waals surface area contributed by atoms with Crippen LogP contribution in [-0.4, -0.2) is 156 Å². The van der Waals surface area contributed by atoms with E-state index in [2.05, 4.69) is 61.3 Å².